The average Bonchev–Trinajstić information content (AvgIpc) is 3.32. The van der Waals surface area contributed by atoms with Gasteiger partial charge in [0.25, 0.3) is 5.91 Å². The van der Waals surface area contributed by atoms with Crippen LogP contribution in [0.2, 0.25) is 10.0 Å². The number of nitrogens with one attached hydrogen (secondary N) is 2. The normalized spacial score (nSPS) is 18.8. The largest absolute Gasteiger partial charge is 0.467 e. The van der Waals surface area contributed by atoms with Gasteiger partial charge in [-0.2, -0.15) is 18.3 Å². The summed E-state index contributed by atoms with van der Waals surface area (Å²) in [5.74, 6) is -0.407. The Hall–Kier alpha value is -2.65. The van der Waals surface area contributed by atoms with Gasteiger partial charge in [0.15, 0.2) is 6.04 Å². The summed E-state index contributed by atoms with van der Waals surface area (Å²) < 4.78 is 46.9. The standard InChI is InChI=1S/C18H13Cl2F3N4O2/c19-9-3-4-11(20)12(6-9)26-17(28)10-8-24-27-15(18(21,22)23)7-13(25-16(10)27)14-2-1-5-29-14/h1-6,8,13,15,25H,7H2,(H,26,28)/t13-,15+/m1/s1. The Kier molecular flexibility index (Phi) is 4.95. The zero-order valence-electron chi connectivity index (χ0n) is 14.5. The number of rotatable bonds is 3. The number of aromatic nitrogens is 2. The van der Waals surface area contributed by atoms with Crippen molar-refractivity contribution in [3.05, 3.63) is 64.2 Å². The van der Waals surface area contributed by atoms with Gasteiger partial charge < -0.3 is 15.1 Å². The molecule has 4 rings (SSSR count). The van der Waals surface area contributed by atoms with Gasteiger partial charge in [0.1, 0.15) is 17.1 Å². The first-order valence-corrected chi connectivity index (χ1v) is 9.20. The second kappa shape index (κ2) is 7.31. The van der Waals surface area contributed by atoms with Gasteiger partial charge >= 0.3 is 6.18 Å². The Morgan fingerprint density at radius 1 is 1.31 bits per heavy atom. The first-order chi connectivity index (χ1) is 13.7. The summed E-state index contributed by atoms with van der Waals surface area (Å²) in [4.78, 5) is 12.7. The maximum atomic E-state index is 13.6. The van der Waals surface area contributed by atoms with E-state index in [-0.39, 0.29) is 28.5 Å². The zero-order chi connectivity index (χ0) is 20.8. The third kappa shape index (κ3) is 3.79. The molecule has 1 aliphatic heterocycles. The minimum absolute atomic E-state index is 0.0596. The number of halogens is 5. The number of amides is 1. The van der Waals surface area contributed by atoms with Crippen LogP contribution in [0.1, 0.15) is 34.6 Å². The highest BCUT2D eigenvalue weighted by Crippen LogP contribution is 2.44. The number of anilines is 2. The van der Waals surface area contributed by atoms with Gasteiger partial charge in [0.05, 0.1) is 29.2 Å². The molecule has 152 valence electrons. The second-order valence-electron chi connectivity index (χ2n) is 6.44. The summed E-state index contributed by atoms with van der Waals surface area (Å²) in [6.45, 7) is 0. The van der Waals surface area contributed by atoms with Gasteiger partial charge in [-0.15, -0.1) is 0 Å². The zero-order valence-corrected chi connectivity index (χ0v) is 16.0. The smallest absolute Gasteiger partial charge is 0.410 e. The van der Waals surface area contributed by atoms with E-state index in [1.54, 1.807) is 18.2 Å². The molecule has 1 aromatic carbocycles. The SMILES string of the molecule is O=C(Nc1cc(Cl)ccc1Cl)c1cnn2c1N[C@@H](c1ccco1)C[C@H]2C(F)(F)F. The molecule has 0 bridgehead atoms. The topological polar surface area (TPSA) is 72.1 Å². The van der Waals surface area contributed by atoms with E-state index in [1.165, 1.54) is 18.4 Å². The molecule has 1 aliphatic rings. The summed E-state index contributed by atoms with van der Waals surface area (Å²) in [6.07, 6.45) is -2.43. The summed E-state index contributed by atoms with van der Waals surface area (Å²) in [6, 6.07) is 4.95. The van der Waals surface area contributed by atoms with E-state index in [4.69, 9.17) is 27.6 Å². The Bertz CT molecular complexity index is 1050. The van der Waals surface area contributed by atoms with Crippen LogP contribution < -0.4 is 10.6 Å². The molecule has 1 amide bonds. The Morgan fingerprint density at radius 2 is 2.10 bits per heavy atom. The number of benzene rings is 1. The molecule has 0 saturated heterocycles. The third-order valence-electron chi connectivity index (χ3n) is 4.55. The van der Waals surface area contributed by atoms with Gasteiger partial charge in [-0.25, -0.2) is 4.68 Å². The number of hydrogen-bond acceptors (Lipinski definition) is 4. The molecular weight excluding hydrogens is 432 g/mol. The van der Waals surface area contributed by atoms with Crippen molar-refractivity contribution >= 4 is 40.6 Å². The first-order valence-electron chi connectivity index (χ1n) is 8.44. The number of hydrogen-bond donors (Lipinski definition) is 2. The van der Waals surface area contributed by atoms with Crippen molar-refractivity contribution in [2.24, 2.45) is 0 Å². The van der Waals surface area contributed by atoms with Crippen molar-refractivity contribution in [3.8, 4) is 0 Å². The maximum Gasteiger partial charge on any atom is 0.410 e. The molecule has 0 saturated carbocycles. The van der Waals surface area contributed by atoms with Crippen LogP contribution in [0.3, 0.4) is 0 Å². The van der Waals surface area contributed by atoms with Gasteiger partial charge in [-0.05, 0) is 30.3 Å². The molecule has 29 heavy (non-hydrogen) atoms. The number of alkyl halides is 3. The van der Waals surface area contributed by atoms with Crippen LogP contribution in [0.5, 0.6) is 0 Å². The molecule has 0 unspecified atom stereocenters. The molecule has 0 spiro atoms. The van der Waals surface area contributed by atoms with Crippen molar-refractivity contribution in [2.75, 3.05) is 10.6 Å². The van der Waals surface area contributed by atoms with Crippen molar-refractivity contribution in [2.45, 2.75) is 24.7 Å². The monoisotopic (exact) mass is 444 g/mol. The quantitative estimate of drug-likeness (QED) is 0.543. The van der Waals surface area contributed by atoms with E-state index < -0.39 is 24.2 Å². The molecule has 3 heterocycles. The van der Waals surface area contributed by atoms with Crippen LogP contribution in [0, 0.1) is 0 Å². The van der Waals surface area contributed by atoms with Crippen LogP contribution in [-0.2, 0) is 0 Å². The molecule has 2 aromatic heterocycles. The Balaban J connectivity index is 1.70. The molecule has 3 aromatic rings. The fraction of sp³-hybridized carbons (Fsp3) is 0.222. The molecule has 2 N–H and O–H groups in total. The second-order valence-corrected chi connectivity index (χ2v) is 7.28. The van der Waals surface area contributed by atoms with E-state index in [9.17, 15) is 18.0 Å². The molecule has 0 fully saturated rings. The predicted molar refractivity (Wildman–Crippen MR) is 101 cm³/mol. The third-order valence-corrected chi connectivity index (χ3v) is 5.11. The molecule has 6 nitrogen and oxygen atoms in total. The molecular formula is C18H13Cl2F3N4O2. The Labute approximate surface area is 172 Å². The van der Waals surface area contributed by atoms with Crippen LogP contribution in [-0.4, -0.2) is 21.9 Å². The summed E-state index contributed by atoms with van der Waals surface area (Å²) in [7, 11) is 0. The summed E-state index contributed by atoms with van der Waals surface area (Å²) in [5, 5.41) is 9.87. The van der Waals surface area contributed by atoms with Crippen molar-refractivity contribution in [3.63, 3.8) is 0 Å². The maximum absolute atomic E-state index is 13.6. The van der Waals surface area contributed by atoms with Crippen molar-refractivity contribution in [1.82, 2.24) is 9.78 Å². The number of nitrogens with zero attached hydrogens (tertiary/aromatic N) is 2. The highest BCUT2D eigenvalue weighted by atomic mass is 35.5. The van der Waals surface area contributed by atoms with E-state index >= 15 is 0 Å². The minimum atomic E-state index is -4.56. The number of carbonyl (C=O) groups is 1. The highest BCUT2D eigenvalue weighted by Gasteiger charge is 2.47. The van der Waals surface area contributed by atoms with E-state index in [2.05, 4.69) is 15.7 Å². The average molecular weight is 445 g/mol. The van der Waals surface area contributed by atoms with Crippen molar-refractivity contribution in [1.29, 1.82) is 0 Å². The lowest BCUT2D eigenvalue weighted by atomic mass is 10.0. The molecule has 0 aliphatic carbocycles. The molecule has 11 heteroatoms. The number of carbonyl (C=O) groups excluding carboxylic acids is 1. The number of fused-ring (bicyclic) bond motifs is 1. The minimum Gasteiger partial charge on any atom is -0.467 e. The Morgan fingerprint density at radius 3 is 2.79 bits per heavy atom. The highest BCUT2D eigenvalue weighted by molar-refractivity contribution is 6.36. The number of furan rings is 1. The van der Waals surface area contributed by atoms with E-state index in [0.29, 0.717) is 10.8 Å². The van der Waals surface area contributed by atoms with E-state index in [0.717, 1.165) is 10.9 Å². The van der Waals surface area contributed by atoms with Crippen LogP contribution >= 0.6 is 23.2 Å². The summed E-state index contributed by atoms with van der Waals surface area (Å²) >= 11 is 12.0. The van der Waals surface area contributed by atoms with Crippen molar-refractivity contribution < 1.29 is 22.4 Å². The van der Waals surface area contributed by atoms with Crippen LogP contribution in [0.4, 0.5) is 24.7 Å². The molecule has 0 radical (unpaired) electrons. The fourth-order valence-corrected chi connectivity index (χ4v) is 3.52. The van der Waals surface area contributed by atoms with E-state index in [1.807, 2.05) is 0 Å². The first kappa shape index (κ1) is 19.7. The van der Waals surface area contributed by atoms with Gasteiger partial charge in [-0.3, -0.25) is 4.79 Å². The predicted octanol–water partition coefficient (Wildman–Crippen LogP) is 5.70. The van der Waals surface area contributed by atoms with Gasteiger partial charge in [0, 0.05) is 11.4 Å². The lowest BCUT2D eigenvalue weighted by Gasteiger charge is -2.32. The lowest BCUT2D eigenvalue weighted by Crippen LogP contribution is -2.36. The lowest BCUT2D eigenvalue weighted by molar-refractivity contribution is -0.174. The summed E-state index contributed by atoms with van der Waals surface area (Å²) in [5.41, 5.74) is 0.168. The fourth-order valence-electron chi connectivity index (χ4n) is 3.19. The van der Waals surface area contributed by atoms with Crippen LogP contribution in [0.25, 0.3) is 0 Å². The van der Waals surface area contributed by atoms with Gasteiger partial charge in [-0.1, -0.05) is 23.2 Å². The van der Waals surface area contributed by atoms with Crippen LogP contribution in [0.15, 0.2) is 47.2 Å². The van der Waals surface area contributed by atoms with Gasteiger partial charge in [0.2, 0.25) is 0 Å². The molecule has 2 atom stereocenters.